The van der Waals surface area contributed by atoms with E-state index < -0.39 is 0 Å². The molecule has 0 saturated carbocycles. The molecule has 0 radical (unpaired) electrons. The third-order valence-electron chi connectivity index (χ3n) is 4.27. The molecule has 1 unspecified atom stereocenters. The number of hydrogen-bond donors (Lipinski definition) is 1. The lowest BCUT2D eigenvalue weighted by atomic mass is 9.96. The highest BCUT2D eigenvalue weighted by Gasteiger charge is 2.26. The fourth-order valence-corrected chi connectivity index (χ4v) is 3.41. The van der Waals surface area contributed by atoms with Crippen molar-refractivity contribution in [2.24, 2.45) is 0 Å². The van der Waals surface area contributed by atoms with Crippen LogP contribution in [0.4, 0.5) is 0 Å². The van der Waals surface area contributed by atoms with Crippen LogP contribution in [-0.4, -0.2) is 37.6 Å². The molecule has 1 aromatic carbocycles. The molecule has 1 atom stereocenters. The zero-order valence-electron chi connectivity index (χ0n) is 10.7. The molecule has 1 N–H and O–H groups in total. The summed E-state index contributed by atoms with van der Waals surface area (Å²) in [5.74, 6) is 0.782. The predicted octanol–water partition coefficient (Wildman–Crippen LogP) is 1.93. The maximum absolute atomic E-state index is 3.43. The molecule has 1 aliphatic heterocycles. The van der Waals surface area contributed by atoms with Crippen LogP contribution in [0.5, 0.6) is 0 Å². The second-order valence-electron chi connectivity index (χ2n) is 5.43. The summed E-state index contributed by atoms with van der Waals surface area (Å²) in [6, 6.07) is 6.80. The molecule has 17 heavy (non-hydrogen) atoms. The van der Waals surface area contributed by atoms with E-state index in [0.717, 1.165) is 19.0 Å². The Kier molecular flexibility index (Phi) is 3.17. The van der Waals surface area contributed by atoms with Gasteiger partial charge in [0.2, 0.25) is 0 Å². The number of rotatable bonds is 2. The van der Waals surface area contributed by atoms with Crippen molar-refractivity contribution in [2.45, 2.75) is 25.7 Å². The highest BCUT2D eigenvalue weighted by atomic mass is 15.2. The first kappa shape index (κ1) is 11.2. The normalized spacial score (nSPS) is 24.9. The van der Waals surface area contributed by atoms with Gasteiger partial charge in [-0.15, -0.1) is 0 Å². The molecule has 2 nitrogen and oxygen atoms in total. The van der Waals surface area contributed by atoms with Gasteiger partial charge >= 0.3 is 0 Å². The minimum absolute atomic E-state index is 0.782. The van der Waals surface area contributed by atoms with E-state index in [2.05, 4.69) is 35.3 Å². The topological polar surface area (TPSA) is 15.3 Å². The number of benzene rings is 1. The van der Waals surface area contributed by atoms with Crippen LogP contribution in [0.25, 0.3) is 0 Å². The largest absolute Gasteiger partial charge is 0.314 e. The van der Waals surface area contributed by atoms with Crippen molar-refractivity contribution in [3.05, 3.63) is 34.9 Å². The first-order chi connectivity index (χ1) is 8.34. The molecule has 1 aliphatic carbocycles. The van der Waals surface area contributed by atoms with Gasteiger partial charge in [-0.25, -0.2) is 0 Å². The Labute approximate surface area is 104 Å². The van der Waals surface area contributed by atoms with E-state index in [9.17, 15) is 0 Å². The molecule has 1 heterocycles. The average Bonchev–Trinajstić information content (AvgIpc) is 2.75. The smallest absolute Gasteiger partial charge is 0.0108 e. The predicted molar refractivity (Wildman–Crippen MR) is 71.6 cm³/mol. The van der Waals surface area contributed by atoms with Gasteiger partial charge in [0.1, 0.15) is 0 Å². The molecule has 0 spiro atoms. The Morgan fingerprint density at radius 2 is 2.12 bits per heavy atom. The second kappa shape index (κ2) is 4.79. The lowest BCUT2D eigenvalue weighted by Gasteiger charge is -2.30. The maximum atomic E-state index is 3.43. The Balaban J connectivity index is 1.74. The molecule has 0 amide bonds. The van der Waals surface area contributed by atoms with E-state index in [-0.39, 0.29) is 0 Å². The van der Waals surface area contributed by atoms with E-state index in [4.69, 9.17) is 0 Å². The van der Waals surface area contributed by atoms with Crippen LogP contribution in [0.1, 0.15) is 29.0 Å². The Bertz CT molecular complexity index is 394. The van der Waals surface area contributed by atoms with Crippen LogP contribution in [0.3, 0.4) is 0 Å². The van der Waals surface area contributed by atoms with Gasteiger partial charge in [0, 0.05) is 32.7 Å². The van der Waals surface area contributed by atoms with Gasteiger partial charge in [0.05, 0.1) is 0 Å². The molecule has 2 aliphatic rings. The van der Waals surface area contributed by atoms with Crippen LogP contribution >= 0.6 is 0 Å². The van der Waals surface area contributed by atoms with E-state index in [1.54, 1.807) is 11.1 Å². The highest BCUT2D eigenvalue weighted by molar-refractivity contribution is 5.41. The van der Waals surface area contributed by atoms with Crippen LogP contribution in [-0.2, 0) is 6.42 Å². The Morgan fingerprint density at radius 3 is 2.94 bits per heavy atom. The highest BCUT2D eigenvalue weighted by Crippen LogP contribution is 2.35. The minimum atomic E-state index is 0.782. The van der Waals surface area contributed by atoms with Crippen molar-refractivity contribution in [1.82, 2.24) is 10.2 Å². The van der Waals surface area contributed by atoms with E-state index in [1.807, 2.05) is 0 Å². The fourth-order valence-electron chi connectivity index (χ4n) is 3.41. The van der Waals surface area contributed by atoms with Crippen molar-refractivity contribution in [1.29, 1.82) is 0 Å². The van der Waals surface area contributed by atoms with Crippen molar-refractivity contribution < 1.29 is 0 Å². The van der Waals surface area contributed by atoms with Crippen molar-refractivity contribution in [2.75, 3.05) is 32.7 Å². The number of nitrogens with one attached hydrogen (secondary N) is 1. The quantitative estimate of drug-likeness (QED) is 0.835. The Morgan fingerprint density at radius 1 is 1.29 bits per heavy atom. The number of nitrogens with zero attached hydrogens (tertiary/aromatic N) is 1. The summed E-state index contributed by atoms with van der Waals surface area (Å²) < 4.78 is 0. The second-order valence-corrected chi connectivity index (χ2v) is 5.43. The van der Waals surface area contributed by atoms with Gasteiger partial charge < -0.3 is 10.2 Å². The molecular weight excluding hydrogens is 208 g/mol. The zero-order chi connectivity index (χ0) is 11.7. The minimum Gasteiger partial charge on any atom is -0.314 e. The van der Waals surface area contributed by atoms with Crippen LogP contribution in [0.2, 0.25) is 0 Å². The third kappa shape index (κ3) is 2.24. The average molecular weight is 230 g/mol. The molecule has 92 valence electrons. The lowest BCUT2D eigenvalue weighted by Crippen LogP contribution is -2.44. The molecular formula is C15H22N2. The SMILES string of the molecule is Cc1cccc2c1C(CN1CCNCC1)CC2. The summed E-state index contributed by atoms with van der Waals surface area (Å²) in [5.41, 5.74) is 4.76. The maximum Gasteiger partial charge on any atom is 0.0108 e. The molecule has 0 aromatic heterocycles. The molecule has 0 bridgehead atoms. The summed E-state index contributed by atoms with van der Waals surface area (Å²) in [6.45, 7) is 8.30. The molecule has 1 aromatic rings. The standard InChI is InChI=1S/C15H22N2/c1-12-3-2-4-13-5-6-14(15(12)13)11-17-9-7-16-8-10-17/h2-4,14,16H,5-11H2,1H3. The van der Waals surface area contributed by atoms with E-state index >= 15 is 0 Å². The number of piperazine rings is 1. The first-order valence-electron chi connectivity index (χ1n) is 6.86. The molecule has 3 rings (SSSR count). The van der Waals surface area contributed by atoms with Crippen LogP contribution in [0, 0.1) is 6.92 Å². The zero-order valence-corrected chi connectivity index (χ0v) is 10.7. The van der Waals surface area contributed by atoms with Crippen molar-refractivity contribution in [3.63, 3.8) is 0 Å². The van der Waals surface area contributed by atoms with Gasteiger partial charge in [-0.1, -0.05) is 18.2 Å². The monoisotopic (exact) mass is 230 g/mol. The summed E-state index contributed by atoms with van der Waals surface area (Å²) in [4.78, 5) is 2.63. The van der Waals surface area contributed by atoms with Crippen LogP contribution in [0.15, 0.2) is 18.2 Å². The van der Waals surface area contributed by atoms with Crippen molar-refractivity contribution >= 4 is 0 Å². The summed E-state index contributed by atoms with van der Waals surface area (Å²) >= 11 is 0. The van der Waals surface area contributed by atoms with Gasteiger partial charge in [0.25, 0.3) is 0 Å². The van der Waals surface area contributed by atoms with E-state index in [1.165, 1.54) is 38.0 Å². The van der Waals surface area contributed by atoms with Gasteiger partial charge in [-0.05, 0) is 42.4 Å². The fraction of sp³-hybridized carbons (Fsp3) is 0.600. The number of hydrogen-bond acceptors (Lipinski definition) is 2. The van der Waals surface area contributed by atoms with Crippen molar-refractivity contribution in [3.8, 4) is 0 Å². The van der Waals surface area contributed by atoms with Gasteiger partial charge in [-0.2, -0.15) is 0 Å². The molecule has 1 saturated heterocycles. The van der Waals surface area contributed by atoms with Gasteiger partial charge in [0.15, 0.2) is 0 Å². The third-order valence-corrected chi connectivity index (χ3v) is 4.27. The van der Waals surface area contributed by atoms with Crippen LogP contribution < -0.4 is 5.32 Å². The first-order valence-corrected chi connectivity index (χ1v) is 6.86. The number of fused-ring (bicyclic) bond motifs is 1. The summed E-state index contributed by atoms with van der Waals surface area (Å²) in [7, 11) is 0. The molecule has 1 fully saturated rings. The van der Waals surface area contributed by atoms with Gasteiger partial charge in [-0.3, -0.25) is 0 Å². The lowest BCUT2D eigenvalue weighted by molar-refractivity contribution is 0.226. The number of aryl methyl sites for hydroxylation is 2. The summed E-state index contributed by atoms with van der Waals surface area (Å²) in [6.07, 6.45) is 2.64. The Hall–Kier alpha value is -0.860. The van der Waals surface area contributed by atoms with E-state index in [0.29, 0.717) is 0 Å². The molecule has 2 heteroatoms. The summed E-state index contributed by atoms with van der Waals surface area (Å²) in [5, 5.41) is 3.43.